The molecule has 4 heteroatoms. The summed E-state index contributed by atoms with van der Waals surface area (Å²) in [4.78, 5) is 0. The standard InChI is InChI=1S/C3H6Br2N2/c4-3(5)2(6)1-7-3/h2,7H,1,6H2. The molecule has 7 heavy (non-hydrogen) atoms. The number of nitrogens with two attached hydrogens (primary N) is 1. The van der Waals surface area contributed by atoms with E-state index in [1.165, 1.54) is 0 Å². The lowest BCUT2D eigenvalue weighted by Crippen LogP contribution is -2.65. The van der Waals surface area contributed by atoms with Crippen molar-refractivity contribution in [2.24, 2.45) is 5.73 Å². The lowest BCUT2D eigenvalue weighted by atomic mass is 10.2. The molecule has 0 radical (unpaired) electrons. The van der Waals surface area contributed by atoms with Crippen LogP contribution in [0.2, 0.25) is 0 Å². The van der Waals surface area contributed by atoms with Crippen molar-refractivity contribution in [1.29, 1.82) is 0 Å². The lowest BCUT2D eigenvalue weighted by molar-refractivity contribution is 0.391. The maximum absolute atomic E-state index is 5.50. The molecule has 0 amide bonds. The van der Waals surface area contributed by atoms with E-state index in [9.17, 15) is 0 Å². The van der Waals surface area contributed by atoms with Crippen molar-refractivity contribution in [2.75, 3.05) is 6.54 Å². The van der Waals surface area contributed by atoms with Crippen LogP contribution in [-0.4, -0.2) is 15.9 Å². The van der Waals surface area contributed by atoms with E-state index in [4.69, 9.17) is 5.73 Å². The summed E-state index contributed by atoms with van der Waals surface area (Å²) in [6.07, 6.45) is 0. The van der Waals surface area contributed by atoms with E-state index in [0.717, 1.165) is 6.54 Å². The Kier molecular flexibility index (Phi) is 1.45. The van der Waals surface area contributed by atoms with Crippen LogP contribution >= 0.6 is 31.9 Å². The van der Waals surface area contributed by atoms with E-state index < -0.39 is 0 Å². The average molecular weight is 230 g/mol. The van der Waals surface area contributed by atoms with E-state index >= 15 is 0 Å². The molecule has 1 heterocycles. The van der Waals surface area contributed by atoms with Gasteiger partial charge < -0.3 is 5.73 Å². The van der Waals surface area contributed by atoms with Gasteiger partial charge in [-0.25, -0.2) is 0 Å². The molecule has 1 aliphatic heterocycles. The summed E-state index contributed by atoms with van der Waals surface area (Å²) in [5.74, 6) is 0. The molecule has 0 bridgehead atoms. The number of hydrogen-bond donors (Lipinski definition) is 2. The molecule has 0 aromatic heterocycles. The summed E-state index contributed by atoms with van der Waals surface area (Å²) in [6, 6.07) is 0.201. The molecule has 1 fully saturated rings. The number of alkyl halides is 2. The van der Waals surface area contributed by atoms with Crippen LogP contribution in [0.4, 0.5) is 0 Å². The molecule has 0 aromatic rings. The first-order chi connectivity index (χ1) is 3.13. The first-order valence-corrected chi connectivity index (χ1v) is 3.60. The SMILES string of the molecule is NC1CNC1(Br)Br. The predicted octanol–water partition coefficient (Wildman–Crippen LogP) is 0.361. The Morgan fingerprint density at radius 3 is 2.14 bits per heavy atom. The highest BCUT2D eigenvalue weighted by Gasteiger charge is 2.38. The van der Waals surface area contributed by atoms with Crippen LogP contribution in [0.25, 0.3) is 0 Å². The zero-order valence-electron chi connectivity index (χ0n) is 3.62. The summed E-state index contributed by atoms with van der Waals surface area (Å²) < 4.78 is -0.167. The van der Waals surface area contributed by atoms with Crippen LogP contribution in [0.3, 0.4) is 0 Å². The largest absolute Gasteiger partial charge is 0.324 e. The van der Waals surface area contributed by atoms with Gasteiger partial charge in [-0.2, -0.15) is 0 Å². The minimum absolute atomic E-state index is 0.167. The Morgan fingerprint density at radius 2 is 2.14 bits per heavy atom. The maximum Gasteiger partial charge on any atom is 0.146 e. The first kappa shape index (κ1) is 6.01. The normalized spacial score (nSPS) is 37.3. The molecular weight excluding hydrogens is 224 g/mol. The lowest BCUT2D eigenvalue weighted by Gasteiger charge is -2.39. The Labute approximate surface area is 59.1 Å². The topological polar surface area (TPSA) is 38.0 Å². The highest BCUT2D eigenvalue weighted by Crippen LogP contribution is 2.31. The zero-order valence-corrected chi connectivity index (χ0v) is 6.79. The van der Waals surface area contributed by atoms with Gasteiger partial charge in [-0.05, 0) is 0 Å². The van der Waals surface area contributed by atoms with E-state index in [-0.39, 0.29) is 9.40 Å². The fourth-order valence-corrected chi connectivity index (χ4v) is 1.02. The van der Waals surface area contributed by atoms with Gasteiger partial charge in [0.15, 0.2) is 0 Å². The monoisotopic (exact) mass is 228 g/mol. The molecule has 2 nitrogen and oxygen atoms in total. The molecule has 42 valence electrons. The van der Waals surface area contributed by atoms with E-state index in [2.05, 4.69) is 37.2 Å². The predicted molar refractivity (Wildman–Crippen MR) is 36.6 cm³/mol. The summed E-state index contributed by atoms with van der Waals surface area (Å²) in [7, 11) is 0. The van der Waals surface area contributed by atoms with Crippen molar-refractivity contribution in [2.45, 2.75) is 9.40 Å². The Hall–Kier alpha value is 0.880. The third-order valence-electron chi connectivity index (χ3n) is 1.02. The van der Waals surface area contributed by atoms with Crippen LogP contribution in [0, 0.1) is 0 Å². The number of nitrogens with one attached hydrogen (secondary N) is 1. The summed E-state index contributed by atoms with van der Waals surface area (Å²) in [6.45, 7) is 0.885. The van der Waals surface area contributed by atoms with Crippen molar-refractivity contribution in [3.8, 4) is 0 Å². The summed E-state index contributed by atoms with van der Waals surface area (Å²) >= 11 is 6.62. The highest BCUT2D eigenvalue weighted by atomic mass is 79.9. The second-order valence-corrected chi connectivity index (χ2v) is 5.18. The molecular formula is C3H6Br2N2. The van der Waals surface area contributed by atoms with Crippen LogP contribution in [-0.2, 0) is 0 Å². The molecule has 0 saturated carbocycles. The molecule has 1 unspecified atom stereocenters. The summed E-state index contributed by atoms with van der Waals surface area (Å²) in [5.41, 5.74) is 5.50. The second kappa shape index (κ2) is 1.69. The molecule has 0 spiro atoms. The quantitative estimate of drug-likeness (QED) is 0.465. The molecule has 0 aromatic carbocycles. The van der Waals surface area contributed by atoms with E-state index in [1.807, 2.05) is 0 Å². The van der Waals surface area contributed by atoms with Crippen LogP contribution in [0.1, 0.15) is 0 Å². The average Bonchev–Trinajstić information content (AvgIpc) is 1.63. The first-order valence-electron chi connectivity index (χ1n) is 2.01. The van der Waals surface area contributed by atoms with Gasteiger partial charge >= 0.3 is 0 Å². The minimum Gasteiger partial charge on any atom is -0.324 e. The van der Waals surface area contributed by atoms with Crippen molar-refractivity contribution < 1.29 is 0 Å². The van der Waals surface area contributed by atoms with Crippen molar-refractivity contribution >= 4 is 31.9 Å². The maximum atomic E-state index is 5.50. The zero-order chi connectivity index (χ0) is 5.49. The third-order valence-corrected chi connectivity index (χ3v) is 2.76. The fourth-order valence-electron chi connectivity index (χ4n) is 0.374. The summed E-state index contributed by atoms with van der Waals surface area (Å²) in [5, 5.41) is 3.04. The van der Waals surface area contributed by atoms with Gasteiger partial charge in [0.1, 0.15) is 3.36 Å². The van der Waals surface area contributed by atoms with Crippen molar-refractivity contribution in [3.63, 3.8) is 0 Å². The number of hydrogen-bond acceptors (Lipinski definition) is 2. The van der Waals surface area contributed by atoms with Gasteiger partial charge in [0.05, 0.1) is 6.04 Å². The molecule has 1 saturated heterocycles. The second-order valence-electron chi connectivity index (χ2n) is 1.61. The van der Waals surface area contributed by atoms with Crippen LogP contribution in [0.15, 0.2) is 0 Å². The Morgan fingerprint density at radius 1 is 1.71 bits per heavy atom. The minimum atomic E-state index is -0.167. The molecule has 1 atom stereocenters. The van der Waals surface area contributed by atoms with Gasteiger partial charge in [-0.3, -0.25) is 5.32 Å². The molecule has 3 N–H and O–H groups in total. The van der Waals surface area contributed by atoms with E-state index in [0.29, 0.717) is 0 Å². The molecule has 1 rings (SSSR count). The van der Waals surface area contributed by atoms with E-state index in [1.54, 1.807) is 0 Å². The molecule has 1 aliphatic rings. The van der Waals surface area contributed by atoms with Gasteiger partial charge in [0, 0.05) is 6.54 Å². The van der Waals surface area contributed by atoms with Gasteiger partial charge in [0.25, 0.3) is 0 Å². The Bertz CT molecular complexity index is 83.0. The molecule has 0 aliphatic carbocycles. The van der Waals surface area contributed by atoms with Gasteiger partial charge in [-0.1, -0.05) is 31.9 Å². The number of rotatable bonds is 0. The van der Waals surface area contributed by atoms with Crippen LogP contribution in [0.5, 0.6) is 0 Å². The Balaban J connectivity index is 2.43. The van der Waals surface area contributed by atoms with Gasteiger partial charge in [-0.15, -0.1) is 0 Å². The smallest absolute Gasteiger partial charge is 0.146 e. The van der Waals surface area contributed by atoms with Crippen molar-refractivity contribution in [3.05, 3.63) is 0 Å². The number of halogens is 2. The fraction of sp³-hybridized carbons (Fsp3) is 1.00. The third kappa shape index (κ3) is 0.988. The highest BCUT2D eigenvalue weighted by molar-refractivity contribution is 9.25. The van der Waals surface area contributed by atoms with Crippen LogP contribution < -0.4 is 11.1 Å². The van der Waals surface area contributed by atoms with Gasteiger partial charge in [0.2, 0.25) is 0 Å². The van der Waals surface area contributed by atoms with Crippen molar-refractivity contribution in [1.82, 2.24) is 5.32 Å².